The summed E-state index contributed by atoms with van der Waals surface area (Å²) in [5.74, 6) is -0.358. The number of ether oxygens (including phenoxy) is 1. The molecule has 3 N–H and O–H groups in total. The molecule has 0 radical (unpaired) electrons. The first-order chi connectivity index (χ1) is 15.2. The summed E-state index contributed by atoms with van der Waals surface area (Å²) in [7, 11) is 0. The molecule has 1 fully saturated rings. The van der Waals surface area contributed by atoms with Gasteiger partial charge in [-0.15, -0.1) is 0 Å². The molecule has 3 amide bonds. The van der Waals surface area contributed by atoms with Crippen LogP contribution in [0.4, 0.5) is 4.79 Å². The molecule has 184 valence electrons. The van der Waals surface area contributed by atoms with Crippen LogP contribution in [0.5, 0.6) is 5.75 Å². The number of thiol groups is 1. The molecule has 0 saturated heterocycles. The van der Waals surface area contributed by atoms with E-state index >= 15 is 0 Å². The van der Waals surface area contributed by atoms with Crippen molar-refractivity contribution in [2.75, 3.05) is 5.75 Å². The molecule has 0 aliphatic heterocycles. The van der Waals surface area contributed by atoms with Gasteiger partial charge >= 0.3 is 6.09 Å². The van der Waals surface area contributed by atoms with Crippen molar-refractivity contribution in [2.24, 2.45) is 5.92 Å². The van der Waals surface area contributed by atoms with Crippen molar-refractivity contribution in [3.05, 3.63) is 29.3 Å². The number of aromatic hydroxyl groups is 1. The molecule has 0 spiro atoms. The summed E-state index contributed by atoms with van der Waals surface area (Å²) in [6.07, 6.45) is 0.0300. The Labute approximate surface area is 201 Å². The number of aryl methyl sites for hydroxylation is 1. The molecular weight excluding hydrogens is 442 g/mol. The third kappa shape index (κ3) is 7.28. The second-order valence-electron chi connectivity index (χ2n) is 10.0. The maximum absolute atomic E-state index is 13.7. The fraction of sp³-hybridized carbons (Fsp3) is 0.625. The monoisotopic (exact) mass is 479 g/mol. The zero-order valence-electron chi connectivity index (χ0n) is 20.5. The normalized spacial score (nSPS) is 19.4. The fourth-order valence-corrected chi connectivity index (χ4v) is 3.89. The van der Waals surface area contributed by atoms with Gasteiger partial charge in [-0.3, -0.25) is 9.59 Å². The van der Waals surface area contributed by atoms with Gasteiger partial charge in [0.2, 0.25) is 11.8 Å². The van der Waals surface area contributed by atoms with Gasteiger partial charge in [-0.1, -0.05) is 13.0 Å². The van der Waals surface area contributed by atoms with E-state index in [1.165, 1.54) is 6.07 Å². The number of amides is 3. The largest absolute Gasteiger partial charge is 0.508 e. The first kappa shape index (κ1) is 26.8. The number of hydrogen-bond donors (Lipinski definition) is 4. The smallest absolute Gasteiger partial charge is 0.408 e. The highest BCUT2D eigenvalue weighted by Gasteiger charge is 2.48. The molecular formula is C24H37N3O5S. The predicted molar refractivity (Wildman–Crippen MR) is 130 cm³/mol. The van der Waals surface area contributed by atoms with Crippen molar-refractivity contribution < 1.29 is 24.2 Å². The lowest BCUT2D eigenvalue weighted by atomic mass is 9.99. The van der Waals surface area contributed by atoms with Crippen molar-refractivity contribution in [3.8, 4) is 5.75 Å². The first-order valence-electron chi connectivity index (χ1n) is 11.3. The molecule has 2 rings (SSSR count). The highest BCUT2D eigenvalue weighted by molar-refractivity contribution is 7.80. The molecule has 1 aliphatic rings. The molecule has 4 unspecified atom stereocenters. The molecule has 0 bridgehead atoms. The minimum Gasteiger partial charge on any atom is -0.508 e. The van der Waals surface area contributed by atoms with Gasteiger partial charge in [0, 0.05) is 17.8 Å². The molecule has 33 heavy (non-hydrogen) atoms. The van der Waals surface area contributed by atoms with Crippen LogP contribution in [0.15, 0.2) is 18.2 Å². The molecule has 1 aliphatic carbocycles. The second kappa shape index (κ2) is 10.7. The minimum absolute atomic E-state index is 0.0444. The first-order valence-corrected chi connectivity index (χ1v) is 11.9. The summed E-state index contributed by atoms with van der Waals surface area (Å²) in [4.78, 5) is 41.0. The van der Waals surface area contributed by atoms with Crippen LogP contribution in [0, 0.1) is 12.8 Å². The van der Waals surface area contributed by atoms with Crippen molar-refractivity contribution in [1.82, 2.24) is 15.5 Å². The fourth-order valence-electron chi connectivity index (χ4n) is 3.64. The Morgan fingerprint density at radius 1 is 1.24 bits per heavy atom. The lowest BCUT2D eigenvalue weighted by molar-refractivity contribution is -0.143. The number of phenolic OH excluding ortho intramolecular Hbond substituents is 1. The molecule has 1 aromatic rings. The average molecular weight is 480 g/mol. The van der Waals surface area contributed by atoms with Gasteiger partial charge in [-0.25, -0.2) is 4.79 Å². The minimum atomic E-state index is -0.969. The van der Waals surface area contributed by atoms with E-state index in [0.717, 1.165) is 6.42 Å². The van der Waals surface area contributed by atoms with E-state index in [9.17, 15) is 19.5 Å². The average Bonchev–Trinajstić information content (AvgIpc) is 3.39. The summed E-state index contributed by atoms with van der Waals surface area (Å²) < 4.78 is 5.31. The zero-order chi connectivity index (χ0) is 25.1. The molecule has 9 heteroatoms. The SMILES string of the molecule is Cc1cc(C(C(=O)NC(C)C)N(C(=O)C(CS)NC(=O)OC(C)(C)C)C2CC2C)ccc1O. The maximum atomic E-state index is 13.7. The standard InChI is InChI=1S/C24H37N3O5S/c1-13(2)25-21(29)20(16-8-9-19(28)15(4)10-16)27(18-11-14(18)3)22(30)17(12-33)26-23(31)32-24(5,6)7/h8-10,13-14,17-18,20,28,33H,11-12H2,1-7H3,(H,25,29)(H,26,31). The van der Waals surface area contributed by atoms with Crippen LogP contribution >= 0.6 is 12.6 Å². The highest BCUT2D eigenvalue weighted by Crippen LogP contribution is 2.41. The Kier molecular flexibility index (Phi) is 8.68. The van der Waals surface area contributed by atoms with Crippen molar-refractivity contribution in [2.45, 2.75) is 84.7 Å². The number of rotatable bonds is 8. The predicted octanol–water partition coefficient (Wildman–Crippen LogP) is 3.33. The topological polar surface area (TPSA) is 108 Å². The molecule has 1 saturated carbocycles. The Balaban J connectivity index is 2.45. The zero-order valence-corrected chi connectivity index (χ0v) is 21.4. The van der Waals surface area contributed by atoms with E-state index < -0.39 is 29.7 Å². The van der Waals surface area contributed by atoms with Gasteiger partial charge in [0.05, 0.1) is 0 Å². The number of phenols is 1. The Bertz CT molecular complexity index is 883. The van der Waals surface area contributed by atoms with Gasteiger partial charge in [0.25, 0.3) is 0 Å². The Morgan fingerprint density at radius 2 is 1.85 bits per heavy atom. The summed E-state index contributed by atoms with van der Waals surface area (Å²) in [5.41, 5.74) is 0.470. The van der Waals surface area contributed by atoms with E-state index in [4.69, 9.17) is 4.74 Å². The second-order valence-corrected chi connectivity index (χ2v) is 10.4. The van der Waals surface area contributed by atoms with Crippen molar-refractivity contribution >= 4 is 30.5 Å². The third-order valence-electron chi connectivity index (χ3n) is 5.34. The van der Waals surface area contributed by atoms with Crippen LogP contribution in [0.3, 0.4) is 0 Å². The summed E-state index contributed by atoms with van der Waals surface area (Å²) >= 11 is 4.29. The number of benzene rings is 1. The van der Waals surface area contributed by atoms with E-state index in [1.807, 2.05) is 20.8 Å². The van der Waals surface area contributed by atoms with Crippen molar-refractivity contribution in [3.63, 3.8) is 0 Å². The molecule has 4 atom stereocenters. The van der Waals surface area contributed by atoms with E-state index in [1.54, 1.807) is 44.7 Å². The molecule has 8 nitrogen and oxygen atoms in total. The van der Waals surface area contributed by atoms with Gasteiger partial charge in [0.1, 0.15) is 23.4 Å². The van der Waals surface area contributed by atoms with Gasteiger partial charge in [-0.05, 0) is 77.1 Å². The number of carbonyl (C=O) groups excluding carboxylic acids is 3. The van der Waals surface area contributed by atoms with Gasteiger partial charge in [-0.2, -0.15) is 12.6 Å². The lowest BCUT2D eigenvalue weighted by Gasteiger charge is -2.35. The van der Waals surface area contributed by atoms with Crippen LogP contribution in [0.2, 0.25) is 0 Å². The van der Waals surface area contributed by atoms with Crippen LogP contribution in [0.25, 0.3) is 0 Å². The van der Waals surface area contributed by atoms with Crippen LogP contribution in [-0.2, 0) is 14.3 Å². The lowest BCUT2D eigenvalue weighted by Crippen LogP contribution is -2.55. The molecule has 0 heterocycles. The van der Waals surface area contributed by atoms with Gasteiger partial charge < -0.3 is 25.4 Å². The van der Waals surface area contributed by atoms with Crippen LogP contribution in [0.1, 0.15) is 65.1 Å². The van der Waals surface area contributed by atoms with Crippen LogP contribution < -0.4 is 10.6 Å². The third-order valence-corrected chi connectivity index (χ3v) is 5.71. The van der Waals surface area contributed by atoms with Crippen LogP contribution in [-0.4, -0.2) is 57.4 Å². The Morgan fingerprint density at radius 3 is 2.30 bits per heavy atom. The van der Waals surface area contributed by atoms with E-state index in [2.05, 4.69) is 23.3 Å². The number of hydrogen-bond acceptors (Lipinski definition) is 6. The van der Waals surface area contributed by atoms with E-state index in [0.29, 0.717) is 11.1 Å². The Hall–Kier alpha value is -2.42. The molecule has 1 aromatic carbocycles. The number of carbonyl (C=O) groups is 3. The van der Waals surface area contributed by atoms with Crippen molar-refractivity contribution in [1.29, 1.82) is 0 Å². The van der Waals surface area contributed by atoms with Gasteiger partial charge in [0.15, 0.2) is 0 Å². The maximum Gasteiger partial charge on any atom is 0.408 e. The quantitative estimate of drug-likeness (QED) is 0.428. The summed E-state index contributed by atoms with van der Waals surface area (Å²) in [6.45, 7) is 12.7. The highest BCUT2D eigenvalue weighted by atomic mass is 32.1. The number of nitrogens with one attached hydrogen (secondary N) is 2. The number of nitrogens with zero attached hydrogens (tertiary/aromatic N) is 1. The summed E-state index contributed by atoms with van der Waals surface area (Å²) in [5, 5.41) is 15.5. The molecule has 0 aromatic heterocycles. The number of alkyl carbamates (subject to hydrolysis) is 1. The van der Waals surface area contributed by atoms with E-state index in [-0.39, 0.29) is 35.4 Å². The summed E-state index contributed by atoms with van der Waals surface area (Å²) in [6, 6.07) is 2.71.